The highest BCUT2D eigenvalue weighted by atomic mass is 16.5. The number of benzene rings is 2. The van der Waals surface area contributed by atoms with Crippen LogP contribution in [0.2, 0.25) is 0 Å². The van der Waals surface area contributed by atoms with Crippen LogP contribution in [-0.2, 0) is 19.3 Å². The minimum absolute atomic E-state index is 0.166. The molecule has 3 aromatic rings. The first-order chi connectivity index (χ1) is 13.2. The molecule has 2 aromatic carbocycles. The third-order valence-electron chi connectivity index (χ3n) is 4.84. The van der Waals surface area contributed by atoms with Crippen LogP contribution >= 0.6 is 0 Å². The van der Waals surface area contributed by atoms with Gasteiger partial charge in [-0.3, -0.25) is 4.79 Å². The first-order valence-electron chi connectivity index (χ1n) is 9.13. The van der Waals surface area contributed by atoms with Gasteiger partial charge < -0.3 is 10.1 Å². The SMILES string of the molecule is CCc1nc2c(nc1NC(=O)c1ccccc1)CCc1cc(OC)ccc1-2. The first-order valence-corrected chi connectivity index (χ1v) is 9.13. The number of aryl methyl sites for hydroxylation is 3. The molecule has 0 fully saturated rings. The fraction of sp³-hybridized carbons (Fsp3) is 0.227. The Morgan fingerprint density at radius 1 is 1.11 bits per heavy atom. The van der Waals surface area contributed by atoms with Gasteiger partial charge in [-0.1, -0.05) is 25.1 Å². The average molecular weight is 359 g/mol. The van der Waals surface area contributed by atoms with Gasteiger partial charge in [-0.05, 0) is 55.2 Å². The molecule has 1 aliphatic carbocycles. The van der Waals surface area contributed by atoms with E-state index in [4.69, 9.17) is 14.7 Å². The van der Waals surface area contributed by atoms with Gasteiger partial charge in [-0.2, -0.15) is 0 Å². The second-order valence-corrected chi connectivity index (χ2v) is 6.51. The number of carbonyl (C=O) groups excluding carboxylic acids is 1. The molecule has 1 heterocycles. The summed E-state index contributed by atoms with van der Waals surface area (Å²) in [6.45, 7) is 2.02. The number of methoxy groups -OCH3 is 1. The molecule has 27 heavy (non-hydrogen) atoms. The van der Waals surface area contributed by atoms with Gasteiger partial charge in [0.2, 0.25) is 0 Å². The van der Waals surface area contributed by atoms with E-state index >= 15 is 0 Å². The Kier molecular flexibility index (Phi) is 4.59. The molecule has 1 amide bonds. The minimum atomic E-state index is -0.166. The Morgan fingerprint density at radius 3 is 2.67 bits per heavy atom. The van der Waals surface area contributed by atoms with Crippen LogP contribution in [-0.4, -0.2) is 23.0 Å². The van der Waals surface area contributed by atoms with E-state index in [0.717, 1.165) is 41.2 Å². The van der Waals surface area contributed by atoms with Crippen molar-refractivity contribution >= 4 is 11.7 Å². The largest absolute Gasteiger partial charge is 0.497 e. The van der Waals surface area contributed by atoms with Crippen LogP contribution < -0.4 is 10.1 Å². The number of carbonyl (C=O) groups is 1. The number of hydrogen-bond acceptors (Lipinski definition) is 4. The lowest BCUT2D eigenvalue weighted by Gasteiger charge is -2.21. The highest BCUT2D eigenvalue weighted by molar-refractivity contribution is 6.04. The summed E-state index contributed by atoms with van der Waals surface area (Å²) in [6.07, 6.45) is 2.36. The van der Waals surface area contributed by atoms with E-state index in [1.807, 2.05) is 37.3 Å². The standard InChI is InChI=1S/C22H21N3O2/c1-3-18-21(25-22(26)14-7-5-4-6-8-14)24-19-12-9-15-13-16(27-2)10-11-17(15)20(19)23-18/h4-8,10-11,13H,3,9,12H2,1-2H3,(H,24,25,26). The number of hydrogen-bond donors (Lipinski definition) is 1. The molecular weight excluding hydrogens is 338 g/mol. The smallest absolute Gasteiger partial charge is 0.256 e. The van der Waals surface area contributed by atoms with Crippen molar-refractivity contribution in [2.75, 3.05) is 12.4 Å². The Labute approximate surface area is 158 Å². The monoisotopic (exact) mass is 359 g/mol. The van der Waals surface area contributed by atoms with Crippen molar-refractivity contribution in [3.63, 3.8) is 0 Å². The van der Waals surface area contributed by atoms with Crippen LogP contribution in [0.25, 0.3) is 11.3 Å². The van der Waals surface area contributed by atoms with Crippen LogP contribution in [0.15, 0.2) is 48.5 Å². The van der Waals surface area contributed by atoms with Crippen molar-refractivity contribution in [2.45, 2.75) is 26.2 Å². The number of anilines is 1. The molecule has 5 nitrogen and oxygen atoms in total. The Balaban J connectivity index is 1.71. The molecule has 0 bridgehead atoms. The molecule has 0 radical (unpaired) electrons. The molecule has 136 valence electrons. The van der Waals surface area contributed by atoms with Gasteiger partial charge in [0.25, 0.3) is 5.91 Å². The molecule has 1 aromatic heterocycles. The summed E-state index contributed by atoms with van der Waals surface area (Å²) in [4.78, 5) is 22.1. The summed E-state index contributed by atoms with van der Waals surface area (Å²) in [5.74, 6) is 1.25. The van der Waals surface area contributed by atoms with Gasteiger partial charge in [-0.25, -0.2) is 9.97 Å². The maximum atomic E-state index is 12.5. The van der Waals surface area contributed by atoms with Crippen molar-refractivity contribution in [1.29, 1.82) is 0 Å². The van der Waals surface area contributed by atoms with Crippen LogP contribution in [0.1, 0.15) is 34.2 Å². The third kappa shape index (κ3) is 3.28. The normalized spacial score (nSPS) is 12.1. The summed E-state index contributed by atoms with van der Waals surface area (Å²) in [6, 6.07) is 15.2. The Morgan fingerprint density at radius 2 is 1.93 bits per heavy atom. The molecule has 0 spiro atoms. The zero-order valence-corrected chi connectivity index (χ0v) is 15.5. The molecule has 5 heteroatoms. The molecule has 0 atom stereocenters. The molecule has 0 unspecified atom stereocenters. The summed E-state index contributed by atoms with van der Waals surface area (Å²) >= 11 is 0. The number of aromatic nitrogens is 2. The topological polar surface area (TPSA) is 64.1 Å². The number of fused-ring (bicyclic) bond motifs is 3. The van der Waals surface area contributed by atoms with Crippen molar-refractivity contribution in [1.82, 2.24) is 9.97 Å². The lowest BCUT2D eigenvalue weighted by molar-refractivity contribution is 0.102. The van der Waals surface area contributed by atoms with E-state index in [-0.39, 0.29) is 5.91 Å². The van der Waals surface area contributed by atoms with E-state index < -0.39 is 0 Å². The molecule has 1 aliphatic rings. The van der Waals surface area contributed by atoms with Crippen molar-refractivity contribution in [3.05, 3.63) is 71.0 Å². The predicted molar refractivity (Wildman–Crippen MR) is 105 cm³/mol. The lowest BCUT2D eigenvalue weighted by Crippen LogP contribution is -2.18. The number of nitrogens with zero attached hydrogens (tertiary/aromatic N) is 2. The van der Waals surface area contributed by atoms with Gasteiger partial charge in [-0.15, -0.1) is 0 Å². The van der Waals surface area contributed by atoms with Gasteiger partial charge in [0.1, 0.15) is 5.75 Å². The highest BCUT2D eigenvalue weighted by Gasteiger charge is 2.22. The summed E-state index contributed by atoms with van der Waals surface area (Å²) < 4.78 is 5.33. The molecule has 0 aliphatic heterocycles. The predicted octanol–water partition coefficient (Wildman–Crippen LogP) is 4.07. The van der Waals surface area contributed by atoms with Crippen molar-refractivity contribution in [3.8, 4) is 17.0 Å². The van der Waals surface area contributed by atoms with Gasteiger partial charge in [0.15, 0.2) is 5.82 Å². The van der Waals surface area contributed by atoms with Crippen LogP contribution in [0.4, 0.5) is 5.82 Å². The zero-order chi connectivity index (χ0) is 18.8. The molecular formula is C22H21N3O2. The second-order valence-electron chi connectivity index (χ2n) is 6.51. The number of rotatable bonds is 4. The van der Waals surface area contributed by atoms with Gasteiger partial charge in [0.05, 0.1) is 24.2 Å². The zero-order valence-electron chi connectivity index (χ0n) is 15.5. The van der Waals surface area contributed by atoms with E-state index in [1.54, 1.807) is 19.2 Å². The minimum Gasteiger partial charge on any atom is -0.497 e. The third-order valence-corrected chi connectivity index (χ3v) is 4.84. The van der Waals surface area contributed by atoms with E-state index in [1.165, 1.54) is 5.56 Å². The highest BCUT2D eigenvalue weighted by Crippen LogP contribution is 2.34. The molecule has 1 N–H and O–H groups in total. The summed E-state index contributed by atoms with van der Waals surface area (Å²) in [5.41, 5.74) is 5.55. The Hall–Kier alpha value is -3.21. The Bertz CT molecular complexity index is 1000. The van der Waals surface area contributed by atoms with Crippen LogP contribution in [0, 0.1) is 0 Å². The van der Waals surface area contributed by atoms with Gasteiger partial charge in [0, 0.05) is 11.1 Å². The van der Waals surface area contributed by atoms with Crippen molar-refractivity contribution < 1.29 is 9.53 Å². The molecule has 4 rings (SSSR count). The van der Waals surface area contributed by atoms with E-state index in [0.29, 0.717) is 17.8 Å². The summed E-state index contributed by atoms with van der Waals surface area (Å²) in [7, 11) is 1.68. The van der Waals surface area contributed by atoms with Crippen molar-refractivity contribution in [2.24, 2.45) is 0 Å². The molecule has 0 saturated heterocycles. The number of ether oxygens (including phenoxy) is 1. The fourth-order valence-corrected chi connectivity index (χ4v) is 3.40. The van der Waals surface area contributed by atoms with E-state index in [2.05, 4.69) is 11.4 Å². The fourth-order valence-electron chi connectivity index (χ4n) is 3.40. The molecule has 0 saturated carbocycles. The quantitative estimate of drug-likeness (QED) is 0.763. The van der Waals surface area contributed by atoms with Gasteiger partial charge >= 0.3 is 0 Å². The maximum Gasteiger partial charge on any atom is 0.256 e. The number of amides is 1. The van der Waals surface area contributed by atoms with Crippen LogP contribution in [0.5, 0.6) is 5.75 Å². The number of nitrogens with one attached hydrogen (secondary N) is 1. The first kappa shape index (κ1) is 17.2. The van der Waals surface area contributed by atoms with Crippen LogP contribution in [0.3, 0.4) is 0 Å². The maximum absolute atomic E-state index is 12.5. The second kappa shape index (κ2) is 7.19. The average Bonchev–Trinajstić information content (AvgIpc) is 2.73. The summed E-state index contributed by atoms with van der Waals surface area (Å²) in [5, 5.41) is 2.94. The van der Waals surface area contributed by atoms with E-state index in [9.17, 15) is 4.79 Å². The lowest BCUT2D eigenvalue weighted by atomic mass is 9.91.